The van der Waals surface area contributed by atoms with Gasteiger partial charge >= 0.3 is 5.97 Å². The van der Waals surface area contributed by atoms with Gasteiger partial charge in [0.2, 0.25) is 0 Å². The molecule has 0 spiro atoms. The van der Waals surface area contributed by atoms with Gasteiger partial charge in [-0.2, -0.15) is 0 Å². The summed E-state index contributed by atoms with van der Waals surface area (Å²) in [6.45, 7) is 5.25. The summed E-state index contributed by atoms with van der Waals surface area (Å²) in [6, 6.07) is 16.8. The lowest BCUT2D eigenvalue weighted by atomic mass is 10.0. The molecule has 0 unspecified atom stereocenters. The summed E-state index contributed by atoms with van der Waals surface area (Å²) in [7, 11) is 1.41. The van der Waals surface area contributed by atoms with Crippen LogP contribution in [-0.2, 0) is 11.3 Å². The number of hydrogen-bond acceptors (Lipinski definition) is 4. The second-order valence-electron chi connectivity index (χ2n) is 6.70. The molecular formula is C21H26N2O2. The number of methoxy groups -OCH3 is 1. The Morgan fingerprint density at radius 3 is 2.56 bits per heavy atom. The van der Waals surface area contributed by atoms with Gasteiger partial charge in [0.05, 0.1) is 12.7 Å². The molecule has 0 saturated carbocycles. The first-order valence-corrected chi connectivity index (χ1v) is 8.87. The number of aryl methyl sites for hydroxylation is 1. The number of carbonyl (C=O) groups is 1. The van der Waals surface area contributed by atoms with Crippen LogP contribution >= 0.6 is 0 Å². The monoisotopic (exact) mass is 338 g/mol. The van der Waals surface area contributed by atoms with Crippen LogP contribution in [0.5, 0.6) is 0 Å². The first-order valence-electron chi connectivity index (χ1n) is 8.87. The van der Waals surface area contributed by atoms with Crippen LogP contribution in [0.15, 0.2) is 48.5 Å². The van der Waals surface area contributed by atoms with E-state index in [2.05, 4.69) is 47.5 Å². The highest BCUT2D eigenvalue weighted by molar-refractivity contribution is 5.90. The molecular weight excluding hydrogens is 312 g/mol. The molecule has 0 aliphatic carbocycles. The van der Waals surface area contributed by atoms with Crippen LogP contribution in [0.4, 0.5) is 5.69 Å². The minimum atomic E-state index is -0.291. The fourth-order valence-electron chi connectivity index (χ4n) is 3.32. The van der Waals surface area contributed by atoms with Gasteiger partial charge in [-0.1, -0.05) is 36.4 Å². The summed E-state index contributed by atoms with van der Waals surface area (Å²) < 4.78 is 4.82. The molecule has 2 aromatic rings. The van der Waals surface area contributed by atoms with E-state index < -0.39 is 0 Å². The largest absolute Gasteiger partial charge is 0.465 e. The number of anilines is 1. The van der Waals surface area contributed by atoms with E-state index >= 15 is 0 Å². The topological polar surface area (TPSA) is 41.6 Å². The van der Waals surface area contributed by atoms with Gasteiger partial charge in [0, 0.05) is 31.4 Å². The quantitative estimate of drug-likeness (QED) is 0.841. The zero-order valence-corrected chi connectivity index (χ0v) is 15.0. The average Bonchev–Trinajstić information content (AvgIpc) is 2.65. The standard InChI is InChI=1S/C21H26N2O2/c1-16-8-9-18(21(24)25-2)14-20(16)22-19-10-12-23(13-11-19)15-17-6-4-3-5-7-17/h3-9,14,19,22H,10-13,15H2,1-2H3. The maximum atomic E-state index is 11.7. The van der Waals surface area contributed by atoms with Crippen molar-refractivity contribution in [2.24, 2.45) is 0 Å². The van der Waals surface area contributed by atoms with Crippen molar-refractivity contribution >= 4 is 11.7 Å². The number of piperidine rings is 1. The number of nitrogens with one attached hydrogen (secondary N) is 1. The molecule has 1 aliphatic heterocycles. The van der Waals surface area contributed by atoms with Crippen LogP contribution in [0.3, 0.4) is 0 Å². The summed E-state index contributed by atoms with van der Waals surface area (Å²) >= 11 is 0. The normalized spacial score (nSPS) is 15.8. The van der Waals surface area contributed by atoms with Gasteiger partial charge in [0.25, 0.3) is 0 Å². The molecule has 1 saturated heterocycles. The van der Waals surface area contributed by atoms with Gasteiger partial charge in [-0.3, -0.25) is 4.90 Å². The molecule has 4 heteroatoms. The number of likely N-dealkylation sites (tertiary alicyclic amines) is 1. The molecule has 1 heterocycles. The summed E-state index contributed by atoms with van der Waals surface area (Å²) in [5.41, 5.74) is 4.15. The number of nitrogens with zero attached hydrogens (tertiary/aromatic N) is 1. The molecule has 0 atom stereocenters. The number of carbonyl (C=O) groups excluding carboxylic acids is 1. The molecule has 1 N–H and O–H groups in total. The van der Waals surface area contributed by atoms with Crippen molar-refractivity contribution in [3.05, 3.63) is 65.2 Å². The van der Waals surface area contributed by atoms with Gasteiger partial charge in [0.1, 0.15) is 0 Å². The molecule has 0 bridgehead atoms. The first-order chi connectivity index (χ1) is 12.2. The Bertz CT molecular complexity index is 707. The van der Waals surface area contributed by atoms with E-state index in [9.17, 15) is 4.79 Å². The van der Waals surface area contributed by atoms with Crippen molar-refractivity contribution in [3.8, 4) is 0 Å². The molecule has 1 fully saturated rings. The minimum absolute atomic E-state index is 0.291. The van der Waals surface area contributed by atoms with Crippen LogP contribution < -0.4 is 5.32 Å². The van der Waals surface area contributed by atoms with E-state index in [0.717, 1.165) is 43.7 Å². The number of esters is 1. The third kappa shape index (κ3) is 4.60. The number of rotatable bonds is 5. The van der Waals surface area contributed by atoms with Crippen molar-refractivity contribution in [3.63, 3.8) is 0 Å². The van der Waals surface area contributed by atoms with E-state index in [0.29, 0.717) is 11.6 Å². The average molecular weight is 338 g/mol. The molecule has 0 radical (unpaired) electrons. The van der Waals surface area contributed by atoms with Gasteiger partial charge in [-0.15, -0.1) is 0 Å². The number of hydrogen-bond donors (Lipinski definition) is 1. The van der Waals surface area contributed by atoms with Crippen LogP contribution in [0, 0.1) is 6.92 Å². The minimum Gasteiger partial charge on any atom is -0.465 e. The van der Waals surface area contributed by atoms with Gasteiger partial charge in [-0.25, -0.2) is 4.79 Å². The van der Waals surface area contributed by atoms with E-state index in [4.69, 9.17) is 4.74 Å². The second-order valence-corrected chi connectivity index (χ2v) is 6.70. The Hall–Kier alpha value is -2.33. The highest BCUT2D eigenvalue weighted by atomic mass is 16.5. The summed E-state index contributed by atoms with van der Waals surface area (Å²) in [5.74, 6) is -0.291. The SMILES string of the molecule is COC(=O)c1ccc(C)c(NC2CCN(Cc3ccccc3)CC2)c1. The molecule has 25 heavy (non-hydrogen) atoms. The summed E-state index contributed by atoms with van der Waals surface area (Å²) in [6.07, 6.45) is 2.21. The maximum Gasteiger partial charge on any atom is 0.337 e. The van der Waals surface area contributed by atoms with E-state index in [1.54, 1.807) is 0 Å². The molecule has 132 valence electrons. The van der Waals surface area contributed by atoms with Gasteiger partial charge in [-0.05, 0) is 43.0 Å². The summed E-state index contributed by atoms with van der Waals surface area (Å²) in [4.78, 5) is 14.2. The lowest BCUT2D eigenvalue weighted by Crippen LogP contribution is -2.38. The molecule has 3 rings (SSSR count). The predicted molar refractivity (Wildman–Crippen MR) is 101 cm³/mol. The number of benzene rings is 2. The second kappa shape index (κ2) is 8.17. The number of ether oxygens (including phenoxy) is 1. The third-order valence-electron chi connectivity index (χ3n) is 4.85. The molecule has 2 aromatic carbocycles. The zero-order valence-electron chi connectivity index (χ0n) is 15.0. The van der Waals surface area contributed by atoms with Crippen molar-refractivity contribution in [2.45, 2.75) is 32.4 Å². The zero-order chi connectivity index (χ0) is 17.6. The van der Waals surface area contributed by atoms with Crippen molar-refractivity contribution in [1.29, 1.82) is 0 Å². The summed E-state index contributed by atoms with van der Waals surface area (Å²) in [5, 5.41) is 3.62. The van der Waals surface area contributed by atoms with Gasteiger partial charge in [0.15, 0.2) is 0 Å². The Kier molecular flexibility index (Phi) is 5.71. The van der Waals surface area contributed by atoms with E-state index in [1.807, 2.05) is 18.2 Å². The van der Waals surface area contributed by atoms with E-state index in [-0.39, 0.29) is 5.97 Å². The van der Waals surface area contributed by atoms with Crippen LogP contribution in [0.2, 0.25) is 0 Å². The lowest BCUT2D eigenvalue weighted by Gasteiger charge is -2.33. The molecule has 0 amide bonds. The highest BCUT2D eigenvalue weighted by Crippen LogP contribution is 2.22. The molecule has 0 aromatic heterocycles. The van der Waals surface area contributed by atoms with Crippen LogP contribution in [0.25, 0.3) is 0 Å². The Labute approximate surface area is 149 Å². The maximum absolute atomic E-state index is 11.7. The Balaban J connectivity index is 1.56. The Morgan fingerprint density at radius 1 is 1.16 bits per heavy atom. The smallest absolute Gasteiger partial charge is 0.337 e. The van der Waals surface area contributed by atoms with Gasteiger partial charge < -0.3 is 10.1 Å². The fourth-order valence-corrected chi connectivity index (χ4v) is 3.32. The highest BCUT2D eigenvalue weighted by Gasteiger charge is 2.20. The van der Waals surface area contributed by atoms with Crippen molar-refractivity contribution < 1.29 is 9.53 Å². The van der Waals surface area contributed by atoms with Crippen molar-refractivity contribution in [1.82, 2.24) is 4.90 Å². The lowest BCUT2D eigenvalue weighted by molar-refractivity contribution is 0.0601. The molecule has 1 aliphatic rings. The van der Waals surface area contributed by atoms with Crippen LogP contribution in [-0.4, -0.2) is 37.1 Å². The third-order valence-corrected chi connectivity index (χ3v) is 4.85. The van der Waals surface area contributed by atoms with E-state index in [1.165, 1.54) is 12.7 Å². The molecule has 4 nitrogen and oxygen atoms in total. The Morgan fingerprint density at radius 2 is 1.88 bits per heavy atom. The predicted octanol–water partition coefficient (Wildman–Crippen LogP) is 3.86. The first kappa shape index (κ1) is 17.5. The van der Waals surface area contributed by atoms with Crippen molar-refractivity contribution in [2.75, 3.05) is 25.5 Å². The fraction of sp³-hybridized carbons (Fsp3) is 0.381. The van der Waals surface area contributed by atoms with Crippen LogP contribution in [0.1, 0.15) is 34.3 Å².